The molecule has 0 atom stereocenters. The van der Waals surface area contributed by atoms with Crippen LogP contribution in [0.25, 0.3) is 0 Å². The summed E-state index contributed by atoms with van der Waals surface area (Å²) in [4.78, 5) is 16.4. The molecule has 1 heterocycles. The number of ether oxygens (including phenoxy) is 1. The summed E-state index contributed by atoms with van der Waals surface area (Å²) in [6.45, 7) is 5.63. The van der Waals surface area contributed by atoms with E-state index in [0.717, 1.165) is 12.5 Å². The summed E-state index contributed by atoms with van der Waals surface area (Å²) in [5.41, 5.74) is 0. The molecule has 0 spiro atoms. The van der Waals surface area contributed by atoms with E-state index in [1.807, 2.05) is 4.31 Å². The van der Waals surface area contributed by atoms with E-state index in [9.17, 15) is 13.2 Å². The topological polar surface area (TPSA) is 88.5 Å². The number of carbonyl (C=O) groups excluding carboxylic acids is 1. The smallest absolute Gasteiger partial charge is 0.379 e. The normalized spacial score (nSPS) is 17.9. The minimum absolute atomic E-state index is 0.622. The van der Waals surface area contributed by atoms with Gasteiger partial charge in [0.25, 0.3) is 0 Å². The minimum atomic E-state index is -3.32. The van der Waals surface area contributed by atoms with Crippen LogP contribution >= 0.6 is 12.1 Å². The van der Waals surface area contributed by atoms with Crippen molar-refractivity contribution in [3.8, 4) is 0 Å². The third kappa shape index (κ3) is 5.81. The minimum Gasteiger partial charge on any atom is -0.379 e. The average molecular weight is 339 g/mol. The SMILES string of the molecule is CN(SN1CCOCC1)C(=O)ON=CC(C)(C)S(C)(=O)=O. The molecule has 1 aliphatic rings. The lowest BCUT2D eigenvalue weighted by atomic mass is 10.2. The van der Waals surface area contributed by atoms with Crippen LogP contribution in [0.4, 0.5) is 4.79 Å². The first-order valence-corrected chi connectivity index (χ1v) is 8.95. The highest BCUT2D eigenvalue weighted by Gasteiger charge is 2.28. The standard InChI is InChI=1S/C11H21N3O5S2/c1-11(2,21(4,16)17)9-12-19-10(15)13(3)20-14-5-7-18-8-6-14/h9H,5-8H2,1-4H3. The van der Waals surface area contributed by atoms with Gasteiger partial charge in [0, 0.05) is 38.5 Å². The summed E-state index contributed by atoms with van der Waals surface area (Å²) >= 11 is 1.21. The summed E-state index contributed by atoms with van der Waals surface area (Å²) in [5.74, 6) is 0. The maximum Gasteiger partial charge on any atom is 0.446 e. The van der Waals surface area contributed by atoms with Gasteiger partial charge in [-0.15, -0.1) is 0 Å². The van der Waals surface area contributed by atoms with Gasteiger partial charge in [-0.05, 0) is 13.8 Å². The predicted octanol–water partition coefficient (Wildman–Crippen LogP) is 0.759. The third-order valence-corrected chi connectivity index (χ3v) is 5.92. The molecule has 0 bridgehead atoms. The van der Waals surface area contributed by atoms with Crippen molar-refractivity contribution in [3.63, 3.8) is 0 Å². The van der Waals surface area contributed by atoms with Gasteiger partial charge in [-0.1, -0.05) is 5.16 Å². The molecule has 0 unspecified atom stereocenters. The van der Waals surface area contributed by atoms with E-state index in [1.54, 1.807) is 7.05 Å². The van der Waals surface area contributed by atoms with Crippen LogP contribution < -0.4 is 0 Å². The lowest BCUT2D eigenvalue weighted by Crippen LogP contribution is -2.35. The summed E-state index contributed by atoms with van der Waals surface area (Å²) in [6, 6.07) is 0. The molecule has 0 radical (unpaired) electrons. The molecular formula is C11H21N3O5S2. The van der Waals surface area contributed by atoms with Crippen LogP contribution in [0.3, 0.4) is 0 Å². The van der Waals surface area contributed by atoms with E-state index >= 15 is 0 Å². The first-order chi connectivity index (χ1) is 9.63. The van der Waals surface area contributed by atoms with Crippen LogP contribution in [0, 0.1) is 0 Å². The zero-order valence-corrected chi connectivity index (χ0v) is 14.2. The van der Waals surface area contributed by atoms with Crippen molar-refractivity contribution in [3.05, 3.63) is 0 Å². The van der Waals surface area contributed by atoms with Crippen molar-refractivity contribution in [2.24, 2.45) is 5.16 Å². The number of oxime groups is 1. The van der Waals surface area contributed by atoms with Gasteiger partial charge in [0.05, 0.1) is 19.4 Å². The Hall–Kier alpha value is -0.840. The van der Waals surface area contributed by atoms with Crippen molar-refractivity contribution in [2.75, 3.05) is 39.6 Å². The van der Waals surface area contributed by atoms with Crippen LogP contribution in [0.1, 0.15) is 13.8 Å². The van der Waals surface area contributed by atoms with Gasteiger partial charge in [0.2, 0.25) is 0 Å². The molecule has 0 N–H and O–H groups in total. The number of nitrogens with zero attached hydrogens (tertiary/aromatic N) is 3. The van der Waals surface area contributed by atoms with Crippen molar-refractivity contribution < 1.29 is 22.8 Å². The zero-order chi connectivity index (χ0) is 16.1. The fourth-order valence-electron chi connectivity index (χ4n) is 1.19. The van der Waals surface area contributed by atoms with Crippen LogP contribution in [-0.2, 0) is 19.4 Å². The lowest BCUT2D eigenvalue weighted by molar-refractivity contribution is 0.0753. The maximum atomic E-state index is 11.7. The third-order valence-electron chi connectivity index (χ3n) is 2.92. The fourth-order valence-corrected chi connectivity index (χ4v) is 2.18. The van der Waals surface area contributed by atoms with Crippen molar-refractivity contribution in [1.82, 2.24) is 8.61 Å². The summed E-state index contributed by atoms with van der Waals surface area (Å²) in [5, 5.41) is 3.47. The van der Waals surface area contributed by atoms with Crippen LogP contribution in [-0.4, -0.2) is 73.7 Å². The molecule has 1 fully saturated rings. The highest BCUT2D eigenvalue weighted by atomic mass is 32.2. The van der Waals surface area contributed by atoms with Crippen LogP contribution in [0.2, 0.25) is 0 Å². The number of hydrogen-bond acceptors (Lipinski definition) is 8. The molecule has 0 aromatic rings. The van der Waals surface area contributed by atoms with Crippen molar-refractivity contribution >= 4 is 34.3 Å². The number of carbonyl (C=O) groups is 1. The van der Waals surface area contributed by atoms with Crippen LogP contribution in [0.5, 0.6) is 0 Å². The Morgan fingerprint density at radius 2 is 2.00 bits per heavy atom. The molecule has 0 aromatic carbocycles. The molecule has 1 saturated heterocycles. The number of sulfone groups is 1. The number of amides is 1. The van der Waals surface area contributed by atoms with Gasteiger partial charge in [-0.2, -0.15) is 0 Å². The van der Waals surface area contributed by atoms with Crippen molar-refractivity contribution in [2.45, 2.75) is 18.6 Å². The number of hydrogen-bond donors (Lipinski definition) is 0. The zero-order valence-electron chi connectivity index (χ0n) is 12.6. The molecule has 1 rings (SSSR count). The molecule has 0 aliphatic carbocycles. The monoisotopic (exact) mass is 339 g/mol. The van der Waals surface area contributed by atoms with Crippen LogP contribution in [0.15, 0.2) is 5.16 Å². The Bertz CT molecular complexity index is 486. The highest BCUT2D eigenvalue weighted by Crippen LogP contribution is 2.17. The van der Waals surface area contributed by atoms with E-state index < -0.39 is 20.7 Å². The molecule has 0 saturated carbocycles. The van der Waals surface area contributed by atoms with E-state index in [0.29, 0.717) is 26.3 Å². The average Bonchev–Trinajstić information content (AvgIpc) is 2.38. The Kier molecular flexibility index (Phi) is 6.44. The van der Waals surface area contributed by atoms with Gasteiger partial charge >= 0.3 is 6.09 Å². The molecular weight excluding hydrogens is 318 g/mol. The largest absolute Gasteiger partial charge is 0.446 e. The van der Waals surface area contributed by atoms with E-state index in [4.69, 9.17) is 4.74 Å². The molecule has 8 nitrogen and oxygen atoms in total. The second kappa shape index (κ2) is 7.43. The predicted molar refractivity (Wildman–Crippen MR) is 81.6 cm³/mol. The fraction of sp³-hybridized carbons (Fsp3) is 0.818. The molecule has 0 aromatic heterocycles. The second-order valence-corrected chi connectivity index (χ2v) is 8.91. The van der Waals surface area contributed by atoms with Gasteiger partial charge in [0.15, 0.2) is 9.84 Å². The quantitative estimate of drug-likeness (QED) is 0.316. The Labute approximate surface area is 129 Å². The Morgan fingerprint density at radius 1 is 1.43 bits per heavy atom. The number of morpholine rings is 1. The van der Waals surface area contributed by atoms with E-state index in [2.05, 4.69) is 9.99 Å². The van der Waals surface area contributed by atoms with Gasteiger partial charge < -0.3 is 4.74 Å². The Morgan fingerprint density at radius 3 is 2.52 bits per heavy atom. The maximum absolute atomic E-state index is 11.7. The van der Waals surface area contributed by atoms with E-state index in [-0.39, 0.29) is 0 Å². The summed E-state index contributed by atoms with van der Waals surface area (Å²) in [6.07, 6.45) is 1.53. The molecule has 10 heteroatoms. The molecule has 1 amide bonds. The lowest BCUT2D eigenvalue weighted by Gasteiger charge is -2.27. The summed E-state index contributed by atoms with van der Waals surface area (Å²) < 4.78 is 30.2. The second-order valence-electron chi connectivity index (χ2n) is 5.09. The van der Waals surface area contributed by atoms with E-state index in [1.165, 1.54) is 30.3 Å². The van der Waals surface area contributed by atoms with Gasteiger partial charge in [-0.25, -0.2) is 21.8 Å². The first kappa shape index (κ1) is 18.2. The highest BCUT2D eigenvalue weighted by molar-refractivity contribution is 7.95. The summed E-state index contributed by atoms with van der Waals surface area (Å²) in [7, 11) is -1.77. The first-order valence-electron chi connectivity index (χ1n) is 6.33. The number of rotatable bonds is 5. The van der Waals surface area contributed by atoms with Gasteiger partial charge in [-0.3, -0.25) is 4.84 Å². The molecule has 21 heavy (non-hydrogen) atoms. The molecule has 1 aliphatic heterocycles. The molecule has 122 valence electrons. The van der Waals surface area contributed by atoms with Crippen molar-refractivity contribution in [1.29, 1.82) is 0 Å². The Balaban J connectivity index is 2.45. The van der Waals surface area contributed by atoms with Gasteiger partial charge in [0.1, 0.15) is 4.75 Å².